The van der Waals surface area contributed by atoms with Gasteiger partial charge in [0.25, 0.3) is 0 Å². The molecule has 1 aliphatic rings. The van der Waals surface area contributed by atoms with Crippen molar-refractivity contribution in [2.24, 2.45) is 12.5 Å². The summed E-state index contributed by atoms with van der Waals surface area (Å²) in [4.78, 5) is 0. The smallest absolute Gasteiger partial charge is 0.201 e. The quantitative estimate of drug-likeness (QED) is 0.526. The van der Waals surface area contributed by atoms with E-state index in [1.54, 1.807) is 0 Å². The van der Waals surface area contributed by atoms with E-state index in [2.05, 4.69) is 96.6 Å². The second-order valence-electron chi connectivity index (χ2n) is 10.9. The third-order valence-corrected chi connectivity index (χ3v) is 6.91. The van der Waals surface area contributed by atoms with Crippen molar-refractivity contribution in [2.45, 2.75) is 85.0 Å². The molecule has 3 rings (SSSR count). The first kappa shape index (κ1) is 20.1. The van der Waals surface area contributed by atoms with E-state index in [1.165, 1.54) is 53.6 Å². The van der Waals surface area contributed by atoms with Crippen molar-refractivity contribution in [3.05, 3.63) is 53.2 Å². The summed E-state index contributed by atoms with van der Waals surface area (Å²) in [6.07, 6.45) is 7.60. The summed E-state index contributed by atoms with van der Waals surface area (Å²) in [5.74, 6) is 0. The van der Waals surface area contributed by atoms with Crippen LogP contribution in [0.5, 0.6) is 0 Å². The number of rotatable bonds is 2. The van der Waals surface area contributed by atoms with Gasteiger partial charge in [-0.15, -0.1) is 0 Å². The van der Waals surface area contributed by atoms with Gasteiger partial charge < -0.3 is 0 Å². The Labute approximate surface area is 166 Å². The van der Waals surface area contributed by atoms with Gasteiger partial charge in [-0.3, -0.25) is 0 Å². The molecule has 1 nitrogen and oxygen atoms in total. The molecule has 0 bridgehead atoms. The molecule has 0 N–H and O–H groups in total. The van der Waals surface area contributed by atoms with Crippen LogP contribution < -0.4 is 4.57 Å². The minimum Gasteiger partial charge on any atom is -0.201 e. The average molecular weight is 365 g/mol. The fraction of sp³-hybridized carbons (Fsp3) is 0.577. The van der Waals surface area contributed by atoms with Crippen LogP contribution >= 0.6 is 0 Å². The van der Waals surface area contributed by atoms with Crippen molar-refractivity contribution < 1.29 is 4.57 Å². The number of hydrogen-bond acceptors (Lipinski definition) is 0. The number of benzene rings is 1. The molecule has 1 aromatic heterocycles. The lowest BCUT2D eigenvalue weighted by Crippen LogP contribution is -2.37. The molecule has 0 aliphatic heterocycles. The summed E-state index contributed by atoms with van der Waals surface area (Å²) in [6.45, 7) is 16.4. The maximum absolute atomic E-state index is 2.46. The molecule has 0 spiro atoms. The monoisotopic (exact) mass is 364 g/mol. The topological polar surface area (TPSA) is 3.88 Å². The lowest BCUT2D eigenvalue weighted by Gasteiger charge is -2.41. The highest BCUT2D eigenvalue weighted by atomic mass is 14.9. The van der Waals surface area contributed by atoms with Gasteiger partial charge in [-0.2, -0.15) is 0 Å². The second-order valence-corrected chi connectivity index (χ2v) is 10.9. The number of aryl methyl sites for hydroxylation is 2. The standard InChI is InChI=1S/C26H38N/c1-19-17-20(24(2,3)4)9-11-22(19)23-12-10-21(18-27(23)8)26(7)15-13-25(5,6)14-16-26/h9-12,17-18H,13-16H2,1-8H3/q+1. The maximum atomic E-state index is 2.46. The Balaban J connectivity index is 1.92. The van der Waals surface area contributed by atoms with Gasteiger partial charge in [-0.05, 0) is 72.1 Å². The van der Waals surface area contributed by atoms with E-state index < -0.39 is 0 Å². The van der Waals surface area contributed by atoms with Crippen LogP contribution in [0.25, 0.3) is 11.3 Å². The molecule has 0 saturated heterocycles. The fourth-order valence-corrected chi connectivity index (χ4v) is 4.43. The average Bonchev–Trinajstić information content (AvgIpc) is 2.57. The molecule has 1 heteroatoms. The Morgan fingerprint density at radius 1 is 0.889 bits per heavy atom. The van der Waals surface area contributed by atoms with Gasteiger partial charge in [-0.1, -0.05) is 53.7 Å². The van der Waals surface area contributed by atoms with Gasteiger partial charge in [-0.25, -0.2) is 4.57 Å². The molecule has 0 radical (unpaired) electrons. The highest BCUT2D eigenvalue weighted by molar-refractivity contribution is 5.62. The lowest BCUT2D eigenvalue weighted by molar-refractivity contribution is -0.661. The molecular weight excluding hydrogens is 326 g/mol. The SMILES string of the molecule is Cc1cc(C(C)(C)C)ccc1-c1ccc(C2(C)CCC(C)(C)CC2)c[n+]1C. The summed E-state index contributed by atoms with van der Waals surface area (Å²) in [5, 5.41) is 0. The number of aromatic nitrogens is 1. The summed E-state index contributed by atoms with van der Waals surface area (Å²) in [5.41, 5.74) is 7.91. The third-order valence-electron chi connectivity index (χ3n) is 6.91. The van der Waals surface area contributed by atoms with E-state index in [0.29, 0.717) is 10.8 Å². The summed E-state index contributed by atoms with van der Waals surface area (Å²) >= 11 is 0. The molecular formula is C26H38N+. The van der Waals surface area contributed by atoms with Crippen LogP contribution in [0.15, 0.2) is 36.5 Å². The number of nitrogens with zero attached hydrogens (tertiary/aromatic N) is 1. The minimum atomic E-state index is 0.193. The van der Waals surface area contributed by atoms with E-state index in [9.17, 15) is 0 Å². The zero-order valence-electron chi connectivity index (χ0n) is 18.7. The normalized spacial score (nSPS) is 19.1. The summed E-state index contributed by atoms with van der Waals surface area (Å²) < 4.78 is 2.33. The Morgan fingerprint density at radius 3 is 2.04 bits per heavy atom. The molecule has 1 aromatic carbocycles. The number of pyridine rings is 1. The molecule has 1 heterocycles. The molecule has 1 fully saturated rings. The van der Waals surface area contributed by atoms with Gasteiger partial charge in [0, 0.05) is 17.2 Å². The molecule has 146 valence electrons. The first-order chi connectivity index (χ1) is 12.4. The van der Waals surface area contributed by atoms with Crippen LogP contribution in [0.1, 0.15) is 83.9 Å². The Hall–Kier alpha value is -1.63. The van der Waals surface area contributed by atoms with E-state index in [4.69, 9.17) is 0 Å². The van der Waals surface area contributed by atoms with Crippen LogP contribution in [0, 0.1) is 12.3 Å². The van der Waals surface area contributed by atoms with Crippen molar-refractivity contribution in [1.82, 2.24) is 0 Å². The Kier molecular flexibility index (Phi) is 5.04. The van der Waals surface area contributed by atoms with Crippen molar-refractivity contribution in [3.63, 3.8) is 0 Å². The van der Waals surface area contributed by atoms with Crippen LogP contribution in [-0.4, -0.2) is 0 Å². The maximum Gasteiger partial charge on any atom is 0.212 e. The van der Waals surface area contributed by atoms with Crippen LogP contribution in [0.4, 0.5) is 0 Å². The van der Waals surface area contributed by atoms with Gasteiger partial charge in [0.15, 0.2) is 6.20 Å². The Bertz CT molecular complexity index is 826. The lowest BCUT2D eigenvalue weighted by atomic mass is 9.63. The highest BCUT2D eigenvalue weighted by Crippen LogP contribution is 2.46. The number of hydrogen-bond donors (Lipinski definition) is 0. The summed E-state index contributed by atoms with van der Waals surface area (Å²) in [7, 11) is 2.20. The van der Waals surface area contributed by atoms with Gasteiger partial charge in [0.05, 0.1) is 0 Å². The van der Waals surface area contributed by atoms with Crippen molar-refractivity contribution in [1.29, 1.82) is 0 Å². The predicted octanol–water partition coefficient (Wildman–Crippen LogP) is 6.64. The van der Waals surface area contributed by atoms with Crippen molar-refractivity contribution in [3.8, 4) is 11.3 Å². The van der Waals surface area contributed by atoms with Crippen molar-refractivity contribution >= 4 is 0 Å². The first-order valence-corrected chi connectivity index (χ1v) is 10.5. The van der Waals surface area contributed by atoms with Crippen LogP contribution in [-0.2, 0) is 17.9 Å². The minimum absolute atomic E-state index is 0.193. The molecule has 0 amide bonds. The van der Waals surface area contributed by atoms with Gasteiger partial charge >= 0.3 is 0 Å². The molecule has 27 heavy (non-hydrogen) atoms. The van der Waals surface area contributed by atoms with E-state index >= 15 is 0 Å². The van der Waals surface area contributed by atoms with Gasteiger partial charge in [0.2, 0.25) is 5.69 Å². The Morgan fingerprint density at radius 2 is 1.52 bits per heavy atom. The zero-order chi connectivity index (χ0) is 20.0. The first-order valence-electron chi connectivity index (χ1n) is 10.5. The molecule has 2 aromatic rings. The van der Waals surface area contributed by atoms with Crippen molar-refractivity contribution in [2.75, 3.05) is 0 Å². The predicted molar refractivity (Wildman–Crippen MR) is 116 cm³/mol. The van der Waals surface area contributed by atoms with E-state index in [0.717, 1.165) is 0 Å². The summed E-state index contributed by atoms with van der Waals surface area (Å²) in [6, 6.07) is 11.7. The van der Waals surface area contributed by atoms with Crippen LogP contribution in [0.3, 0.4) is 0 Å². The highest BCUT2D eigenvalue weighted by Gasteiger charge is 2.37. The zero-order valence-corrected chi connectivity index (χ0v) is 18.7. The van der Waals surface area contributed by atoms with E-state index in [1.807, 2.05) is 0 Å². The fourth-order valence-electron chi connectivity index (χ4n) is 4.43. The molecule has 1 saturated carbocycles. The molecule has 1 aliphatic carbocycles. The second kappa shape index (κ2) is 6.76. The van der Waals surface area contributed by atoms with Crippen LogP contribution in [0.2, 0.25) is 0 Å². The molecule has 0 unspecified atom stereocenters. The largest absolute Gasteiger partial charge is 0.212 e. The van der Waals surface area contributed by atoms with E-state index in [-0.39, 0.29) is 5.41 Å². The third kappa shape index (κ3) is 4.13. The van der Waals surface area contributed by atoms with Gasteiger partial charge in [0.1, 0.15) is 7.05 Å². The molecule has 0 atom stereocenters.